The van der Waals surface area contributed by atoms with Gasteiger partial charge in [-0.25, -0.2) is 0 Å². The van der Waals surface area contributed by atoms with Gasteiger partial charge < -0.3 is 9.47 Å². The zero-order valence-corrected chi connectivity index (χ0v) is 19.7. The summed E-state index contributed by atoms with van der Waals surface area (Å²) in [6.07, 6.45) is 10.2. The Bertz CT molecular complexity index is 757. The summed E-state index contributed by atoms with van der Waals surface area (Å²) in [6, 6.07) is -1.01. The highest BCUT2D eigenvalue weighted by molar-refractivity contribution is 6.13. The molecule has 2 atom stereocenters. The van der Waals surface area contributed by atoms with Gasteiger partial charge in [0.05, 0.1) is 12.1 Å². The smallest absolute Gasteiger partial charge is 0.305 e. The van der Waals surface area contributed by atoms with Crippen LogP contribution in [0, 0.1) is 0 Å². The SMILES string of the molecule is CC(COC(=O)CCCCCCCCC(=O)OCC(C)N1C(=O)C=CC1=O)N1C(=O)C=CC1=O. The zero-order chi connectivity index (χ0) is 25.1. The number of amides is 4. The number of carbonyl (C=O) groups is 6. The number of nitrogens with zero attached hydrogens (tertiary/aromatic N) is 2. The van der Waals surface area contributed by atoms with Gasteiger partial charge in [-0.1, -0.05) is 25.7 Å². The first-order valence-electron chi connectivity index (χ1n) is 11.6. The van der Waals surface area contributed by atoms with Crippen molar-refractivity contribution in [2.24, 2.45) is 0 Å². The number of ether oxygens (including phenoxy) is 2. The van der Waals surface area contributed by atoms with E-state index in [9.17, 15) is 28.8 Å². The minimum Gasteiger partial charge on any atom is -0.463 e. The maximum Gasteiger partial charge on any atom is 0.305 e. The highest BCUT2D eigenvalue weighted by atomic mass is 16.5. The third-order valence-corrected chi connectivity index (χ3v) is 5.55. The topological polar surface area (TPSA) is 127 Å². The summed E-state index contributed by atoms with van der Waals surface area (Å²) in [5.74, 6) is -2.31. The molecule has 0 saturated heterocycles. The minimum absolute atomic E-state index is 0.0194. The molecule has 2 heterocycles. The maximum atomic E-state index is 11.8. The molecular formula is C24H32N2O8. The number of carbonyl (C=O) groups excluding carboxylic acids is 6. The number of unbranched alkanes of at least 4 members (excludes halogenated alkanes) is 5. The Labute approximate surface area is 198 Å². The lowest BCUT2D eigenvalue weighted by Crippen LogP contribution is -2.41. The first-order valence-corrected chi connectivity index (χ1v) is 11.6. The van der Waals surface area contributed by atoms with Crippen LogP contribution in [0.5, 0.6) is 0 Å². The zero-order valence-electron chi connectivity index (χ0n) is 19.7. The number of hydrogen-bond donors (Lipinski definition) is 0. The van der Waals surface area contributed by atoms with Gasteiger partial charge in [-0.3, -0.25) is 38.6 Å². The van der Waals surface area contributed by atoms with Crippen LogP contribution < -0.4 is 0 Å². The van der Waals surface area contributed by atoms with E-state index in [0.717, 1.165) is 35.5 Å². The van der Waals surface area contributed by atoms with Crippen LogP contribution in [0.1, 0.15) is 65.2 Å². The lowest BCUT2D eigenvalue weighted by atomic mass is 10.1. The van der Waals surface area contributed by atoms with Gasteiger partial charge in [0.25, 0.3) is 23.6 Å². The van der Waals surface area contributed by atoms with Crippen LogP contribution >= 0.6 is 0 Å². The van der Waals surface area contributed by atoms with E-state index in [0.29, 0.717) is 12.8 Å². The highest BCUT2D eigenvalue weighted by Gasteiger charge is 2.30. The minimum atomic E-state index is -0.504. The van der Waals surface area contributed by atoms with Gasteiger partial charge in [0.1, 0.15) is 13.2 Å². The molecule has 10 nitrogen and oxygen atoms in total. The standard InChI is InChI=1S/C24H32N2O8/c1-17(25-19(27)11-12-20(25)28)15-33-23(31)9-7-5-3-4-6-8-10-24(32)34-16-18(2)26-21(29)13-14-22(26)30/h11-14,17-18H,3-10,15-16H2,1-2H3. The monoisotopic (exact) mass is 476 g/mol. The maximum absolute atomic E-state index is 11.8. The molecule has 2 aliphatic rings. The molecule has 0 spiro atoms. The number of hydrogen-bond acceptors (Lipinski definition) is 8. The van der Waals surface area contributed by atoms with Crippen LogP contribution in [-0.2, 0) is 38.2 Å². The molecule has 0 bridgehead atoms. The molecule has 4 amide bonds. The molecule has 2 unspecified atom stereocenters. The third-order valence-electron chi connectivity index (χ3n) is 5.55. The van der Waals surface area contributed by atoms with E-state index in [4.69, 9.17) is 9.47 Å². The van der Waals surface area contributed by atoms with E-state index < -0.39 is 35.7 Å². The molecule has 0 aromatic carbocycles. The first-order chi connectivity index (χ1) is 16.2. The van der Waals surface area contributed by atoms with Crippen LogP contribution in [0.4, 0.5) is 0 Å². The van der Waals surface area contributed by atoms with Crippen molar-refractivity contribution in [2.45, 2.75) is 77.3 Å². The molecule has 0 aromatic rings. The van der Waals surface area contributed by atoms with Crippen molar-refractivity contribution in [2.75, 3.05) is 13.2 Å². The fraction of sp³-hybridized carbons (Fsp3) is 0.583. The van der Waals surface area contributed by atoms with E-state index in [2.05, 4.69) is 0 Å². The summed E-state index contributed by atoms with van der Waals surface area (Å²) in [7, 11) is 0. The molecule has 34 heavy (non-hydrogen) atoms. The van der Waals surface area contributed by atoms with Gasteiger partial charge in [-0.2, -0.15) is 0 Å². The van der Waals surface area contributed by atoms with Crippen molar-refractivity contribution in [3.05, 3.63) is 24.3 Å². The largest absolute Gasteiger partial charge is 0.463 e. The summed E-state index contributed by atoms with van der Waals surface area (Å²) in [4.78, 5) is 72.2. The van der Waals surface area contributed by atoms with Crippen molar-refractivity contribution in [3.8, 4) is 0 Å². The molecule has 10 heteroatoms. The van der Waals surface area contributed by atoms with Crippen molar-refractivity contribution in [3.63, 3.8) is 0 Å². The van der Waals surface area contributed by atoms with Crippen LogP contribution in [0.3, 0.4) is 0 Å². The lowest BCUT2D eigenvalue weighted by molar-refractivity contribution is -0.150. The quantitative estimate of drug-likeness (QED) is 0.199. The molecular weight excluding hydrogens is 444 g/mol. The van der Waals surface area contributed by atoms with Crippen LogP contribution in [-0.4, -0.2) is 70.7 Å². The van der Waals surface area contributed by atoms with Crippen molar-refractivity contribution >= 4 is 35.6 Å². The average molecular weight is 477 g/mol. The highest BCUT2D eigenvalue weighted by Crippen LogP contribution is 2.13. The number of imide groups is 2. The Hall–Kier alpha value is -3.30. The summed E-state index contributed by atoms with van der Waals surface area (Å²) < 4.78 is 10.3. The predicted octanol–water partition coefficient (Wildman–Crippen LogP) is 1.82. The van der Waals surface area contributed by atoms with Crippen LogP contribution in [0.25, 0.3) is 0 Å². The van der Waals surface area contributed by atoms with Gasteiger partial charge >= 0.3 is 11.9 Å². The molecule has 0 N–H and O–H groups in total. The van der Waals surface area contributed by atoms with Crippen LogP contribution in [0.15, 0.2) is 24.3 Å². The van der Waals surface area contributed by atoms with Crippen molar-refractivity contribution < 1.29 is 38.2 Å². The van der Waals surface area contributed by atoms with Crippen molar-refractivity contribution in [1.29, 1.82) is 0 Å². The van der Waals surface area contributed by atoms with E-state index >= 15 is 0 Å². The van der Waals surface area contributed by atoms with E-state index in [1.54, 1.807) is 13.8 Å². The van der Waals surface area contributed by atoms with Crippen molar-refractivity contribution in [1.82, 2.24) is 9.80 Å². The van der Waals surface area contributed by atoms with Gasteiger partial charge in [0.15, 0.2) is 0 Å². The van der Waals surface area contributed by atoms with Gasteiger partial charge in [-0.05, 0) is 26.7 Å². The van der Waals surface area contributed by atoms with Gasteiger partial charge in [0.2, 0.25) is 0 Å². The van der Waals surface area contributed by atoms with Crippen LogP contribution in [0.2, 0.25) is 0 Å². The summed E-state index contributed by atoms with van der Waals surface area (Å²) in [5, 5.41) is 0. The average Bonchev–Trinajstić information content (AvgIpc) is 3.32. The van der Waals surface area contributed by atoms with E-state index in [-0.39, 0.29) is 38.0 Å². The summed E-state index contributed by atoms with van der Waals surface area (Å²) >= 11 is 0. The second kappa shape index (κ2) is 13.4. The third kappa shape index (κ3) is 8.24. The molecule has 0 saturated carbocycles. The first kappa shape index (κ1) is 26.9. The molecule has 0 aliphatic carbocycles. The van der Waals surface area contributed by atoms with E-state index in [1.165, 1.54) is 24.3 Å². The fourth-order valence-electron chi connectivity index (χ4n) is 3.66. The number of rotatable bonds is 15. The lowest BCUT2D eigenvalue weighted by Gasteiger charge is -2.22. The Morgan fingerprint density at radius 1 is 0.618 bits per heavy atom. The van der Waals surface area contributed by atoms with Gasteiger partial charge in [-0.15, -0.1) is 0 Å². The summed E-state index contributed by atoms with van der Waals surface area (Å²) in [5.41, 5.74) is 0. The molecule has 0 aromatic heterocycles. The predicted molar refractivity (Wildman–Crippen MR) is 120 cm³/mol. The Morgan fingerprint density at radius 3 is 1.24 bits per heavy atom. The Balaban J connectivity index is 1.43. The second-order valence-corrected chi connectivity index (χ2v) is 8.45. The summed E-state index contributed by atoms with van der Waals surface area (Å²) in [6.45, 7) is 3.27. The van der Waals surface area contributed by atoms with Gasteiger partial charge in [0, 0.05) is 37.1 Å². The Kier molecular flexibility index (Phi) is 10.6. The molecule has 186 valence electrons. The normalized spacial score (nSPS) is 17.0. The molecule has 0 radical (unpaired) electrons. The fourth-order valence-corrected chi connectivity index (χ4v) is 3.66. The Morgan fingerprint density at radius 2 is 0.912 bits per heavy atom. The molecule has 0 fully saturated rings. The van der Waals surface area contributed by atoms with E-state index in [1.807, 2.05) is 0 Å². The number of esters is 2. The second-order valence-electron chi connectivity index (χ2n) is 8.45. The molecule has 2 aliphatic heterocycles. The molecule has 2 rings (SSSR count).